The Balaban J connectivity index is 2.07. The molecule has 1 aromatic carbocycles. The fraction of sp³-hybridized carbons (Fsp3) is 0.294. The summed E-state index contributed by atoms with van der Waals surface area (Å²) in [7, 11) is 1.56. The minimum Gasteiger partial charge on any atom is -0.355 e. The number of hydrogen-bond donors (Lipinski definition) is 2. The standard InChI is InChI=1S/C17H20N4O3/c1-3-9-21-15(22)8-7-14(20-21)17(24)19-11-12-5-4-6-13(10-12)16(23)18-2/h4-8,10H,3,9,11H2,1-2H3,(H,18,23)(H,19,24). The van der Waals surface area contributed by atoms with Gasteiger partial charge in [-0.2, -0.15) is 5.10 Å². The predicted octanol–water partition coefficient (Wildman–Crippen LogP) is 0.943. The molecule has 2 amide bonds. The van der Waals surface area contributed by atoms with Gasteiger partial charge in [0.2, 0.25) is 0 Å². The quantitative estimate of drug-likeness (QED) is 0.825. The van der Waals surface area contributed by atoms with Crippen LogP contribution in [0.3, 0.4) is 0 Å². The first kappa shape index (κ1) is 17.4. The van der Waals surface area contributed by atoms with Crippen molar-refractivity contribution in [1.82, 2.24) is 20.4 Å². The Kier molecular flexibility index (Phi) is 5.83. The summed E-state index contributed by atoms with van der Waals surface area (Å²) in [6.45, 7) is 2.66. The summed E-state index contributed by atoms with van der Waals surface area (Å²) in [5.41, 5.74) is 1.28. The number of carbonyl (C=O) groups is 2. The van der Waals surface area contributed by atoms with Gasteiger partial charge in [0.1, 0.15) is 5.69 Å². The van der Waals surface area contributed by atoms with Crippen molar-refractivity contribution in [2.75, 3.05) is 7.05 Å². The Morgan fingerprint density at radius 1 is 1.17 bits per heavy atom. The summed E-state index contributed by atoms with van der Waals surface area (Å²) in [4.78, 5) is 35.4. The first-order chi connectivity index (χ1) is 11.5. The molecule has 24 heavy (non-hydrogen) atoms. The van der Waals surface area contributed by atoms with E-state index in [0.717, 1.165) is 12.0 Å². The Bertz CT molecular complexity index is 798. The van der Waals surface area contributed by atoms with E-state index in [1.54, 1.807) is 25.2 Å². The average molecular weight is 328 g/mol. The van der Waals surface area contributed by atoms with E-state index < -0.39 is 0 Å². The lowest BCUT2D eigenvalue weighted by molar-refractivity contribution is 0.0941. The van der Waals surface area contributed by atoms with Crippen molar-refractivity contribution in [1.29, 1.82) is 0 Å². The normalized spacial score (nSPS) is 10.2. The molecule has 0 saturated carbocycles. The summed E-state index contributed by atoms with van der Waals surface area (Å²) in [5, 5.41) is 9.35. The molecule has 2 N–H and O–H groups in total. The van der Waals surface area contributed by atoms with E-state index in [2.05, 4.69) is 15.7 Å². The third-order valence-corrected chi connectivity index (χ3v) is 3.40. The average Bonchev–Trinajstić information content (AvgIpc) is 2.61. The Morgan fingerprint density at radius 2 is 1.96 bits per heavy atom. The van der Waals surface area contributed by atoms with Gasteiger partial charge in [0.25, 0.3) is 17.4 Å². The molecule has 0 aliphatic rings. The van der Waals surface area contributed by atoms with Crippen LogP contribution in [0.25, 0.3) is 0 Å². The number of carbonyl (C=O) groups excluding carboxylic acids is 2. The van der Waals surface area contributed by atoms with Crippen LogP contribution < -0.4 is 16.2 Å². The zero-order chi connectivity index (χ0) is 17.5. The summed E-state index contributed by atoms with van der Waals surface area (Å²) < 4.78 is 1.28. The Labute approximate surface area is 139 Å². The van der Waals surface area contributed by atoms with E-state index in [9.17, 15) is 14.4 Å². The van der Waals surface area contributed by atoms with Crippen molar-refractivity contribution in [3.63, 3.8) is 0 Å². The molecule has 0 fully saturated rings. The molecule has 0 saturated heterocycles. The number of nitrogens with one attached hydrogen (secondary N) is 2. The van der Waals surface area contributed by atoms with Crippen LogP contribution in [0.5, 0.6) is 0 Å². The second kappa shape index (κ2) is 8.05. The van der Waals surface area contributed by atoms with Crippen LogP contribution in [0.15, 0.2) is 41.2 Å². The molecule has 2 rings (SSSR count). The van der Waals surface area contributed by atoms with E-state index >= 15 is 0 Å². The van der Waals surface area contributed by atoms with E-state index in [0.29, 0.717) is 12.1 Å². The lowest BCUT2D eigenvalue weighted by atomic mass is 10.1. The molecular formula is C17H20N4O3. The highest BCUT2D eigenvalue weighted by atomic mass is 16.2. The highest BCUT2D eigenvalue weighted by Gasteiger charge is 2.10. The van der Waals surface area contributed by atoms with E-state index in [1.165, 1.54) is 16.8 Å². The highest BCUT2D eigenvalue weighted by Crippen LogP contribution is 2.05. The molecular weight excluding hydrogens is 308 g/mol. The number of nitrogens with zero attached hydrogens (tertiary/aromatic N) is 2. The van der Waals surface area contributed by atoms with Crippen molar-refractivity contribution in [2.45, 2.75) is 26.4 Å². The summed E-state index contributed by atoms with van der Waals surface area (Å²) in [6.07, 6.45) is 0.754. The van der Waals surface area contributed by atoms with Gasteiger partial charge in [-0.15, -0.1) is 0 Å². The Morgan fingerprint density at radius 3 is 2.67 bits per heavy atom. The number of aryl methyl sites for hydroxylation is 1. The number of hydrogen-bond acceptors (Lipinski definition) is 4. The van der Waals surface area contributed by atoms with Gasteiger partial charge >= 0.3 is 0 Å². The monoisotopic (exact) mass is 328 g/mol. The van der Waals surface area contributed by atoms with Crippen molar-refractivity contribution >= 4 is 11.8 Å². The van der Waals surface area contributed by atoms with Crippen LogP contribution in [-0.2, 0) is 13.1 Å². The zero-order valence-electron chi connectivity index (χ0n) is 13.7. The van der Waals surface area contributed by atoms with Gasteiger partial charge in [-0.25, -0.2) is 4.68 Å². The van der Waals surface area contributed by atoms with Crippen LogP contribution in [0.4, 0.5) is 0 Å². The summed E-state index contributed by atoms with van der Waals surface area (Å²) >= 11 is 0. The molecule has 0 unspecified atom stereocenters. The summed E-state index contributed by atoms with van der Waals surface area (Å²) in [5.74, 6) is -0.554. The number of benzene rings is 1. The van der Waals surface area contributed by atoms with Crippen LogP contribution in [-0.4, -0.2) is 28.6 Å². The highest BCUT2D eigenvalue weighted by molar-refractivity contribution is 5.94. The molecule has 0 radical (unpaired) electrons. The molecule has 0 aliphatic heterocycles. The van der Waals surface area contributed by atoms with Crippen LogP contribution in [0, 0.1) is 0 Å². The van der Waals surface area contributed by atoms with Gasteiger partial charge in [-0.05, 0) is 30.2 Å². The van der Waals surface area contributed by atoms with Crippen molar-refractivity contribution < 1.29 is 9.59 Å². The second-order valence-electron chi connectivity index (χ2n) is 5.24. The van der Waals surface area contributed by atoms with Gasteiger partial charge in [0.05, 0.1) is 0 Å². The fourth-order valence-electron chi connectivity index (χ4n) is 2.18. The molecule has 0 atom stereocenters. The first-order valence-corrected chi connectivity index (χ1v) is 7.72. The molecule has 0 spiro atoms. The zero-order valence-corrected chi connectivity index (χ0v) is 13.7. The summed E-state index contributed by atoms with van der Waals surface area (Å²) in [6, 6.07) is 9.73. The maximum Gasteiger partial charge on any atom is 0.271 e. The van der Waals surface area contributed by atoms with E-state index in [1.807, 2.05) is 13.0 Å². The lowest BCUT2D eigenvalue weighted by Crippen LogP contribution is -2.29. The van der Waals surface area contributed by atoms with Crippen molar-refractivity contribution in [3.8, 4) is 0 Å². The van der Waals surface area contributed by atoms with Gasteiger partial charge < -0.3 is 10.6 Å². The van der Waals surface area contributed by atoms with Crippen molar-refractivity contribution in [3.05, 3.63) is 63.6 Å². The molecule has 1 aromatic heterocycles. The first-order valence-electron chi connectivity index (χ1n) is 7.72. The van der Waals surface area contributed by atoms with Gasteiger partial charge in [-0.3, -0.25) is 14.4 Å². The number of amides is 2. The molecule has 0 bridgehead atoms. The topological polar surface area (TPSA) is 93.1 Å². The minimum absolute atomic E-state index is 0.184. The number of aromatic nitrogens is 2. The largest absolute Gasteiger partial charge is 0.355 e. The number of rotatable bonds is 6. The van der Waals surface area contributed by atoms with Gasteiger partial charge in [0.15, 0.2) is 0 Å². The van der Waals surface area contributed by atoms with Crippen LogP contribution in [0.1, 0.15) is 39.8 Å². The van der Waals surface area contributed by atoms with Crippen molar-refractivity contribution in [2.24, 2.45) is 0 Å². The fourth-order valence-corrected chi connectivity index (χ4v) is 2.18. The van der Waals surface area contributed by atoms with Crippen LogP contribution in [0.2, 0.25) is 0 Å². The molecule has 7 heteroatoms. The molecule has 126 valence electrons. The second-order valence-corrected chi connectivity index (χ2v) is 5.24. The van der Waals surface area contributed by atoms with E-state index in [-0.39, 0.29) is 29.6 Å². The smallest absolute Gasteiger partial charge is 0.271 e. The maximum atomic E-state index is 12.2. The Hall–Kier alpha value is -2.96. The molecule has 0 aliphatic carbocycles. The third-order valence-electron chi connectivity index (χ3n) is 3.40. The predicted molar refractivity (Wildman–Crippen MR) is 89.8 cm³/mol. The molecule has 7 nitrogen and oxygen atoms in total. The van der Waals surface area contributed by atoms with Gasteiger partial charge in [-0.1, -0.05) is 19.1 Å². The van der Waals surface area contributed by atoms with E-state index in [4.69, 9.17) is 0 Å². The van der Waals surface area contributed by atoms with Gasteiger partial charge in [0, 0.05) is 31.8 Å². The minimum atomic E-state index is -0.370. The third kappa shape index (κ3) is 4.28. The molecule has 1 heterocycles. The maximum absolute atomic E-state index is 12.2. The SMILES string of the molecule is CCCn1nc(C(=O)NCc2cccc(C(=O)NC)c2)ccc1=O. The lowest BCUT2D eigenvalue weighted by Gasteiger charge is -2.08. The molecule has 2 aromatic rings. The van der Waals surface area contributed by atoms with Crippen LogP contribution >= 0.6 is 0 Å².